The van der Waals surface area contributed by atoms with E-state index in [4.69, 9.17) is 18.7 Å². The average Bonchev–Trinajstić information content (AvgIpc) is 3.55. The van der Waals surface area contributed by atoms with Crippen molar-refractivity contribution in [1.29, 1.82) is 0 Å². The largest absolute Gasteiger partial charge is 0.520 e. The summed E-state index contributed by atoms with van der Waals surface area (Å²) < 4.78 is 40.4. The lowest BCUT2D eigenvalue weighted by Gasteiger charge is -2.39. The number of hydrogen-bond donors (Lipinski definition) is 1. The van der Waals surface area contributed by atoms with E-state index in [0.717, 1.165) is 43.1 Å². The molecule has 47 heavy (non-hydrogen) atoms. The molecule has 1 N–H and O–H groups in total. The van der Waals surface area contributed by atoms with Crippen LogP contribution in [0.5, 0.6) is 0 Å². The lowest BCUT2D eigenvalue weighted by molar-refractivity contribution is -0.207. The standard InChI is InChI=1S/C34H33FN4O8/c1-43-32(41)45-34(46-33(42)44-31(40)36-26-8-5-9-26)16-18-39(19-17-34)21-22-10-12-24(13-11-22)29-37-30(47-38-29)25-14-15-27(28(35)20-25)23-6-3-2-4-7-23/h2-4,6-7,10-15,20,26H,5,8-9,16-19,21H2,1H3,(H,36,40). The molecule has 13 heteroatoms. The first-order chi connectivity index (χ1) is 22.8. The van der Waals surface area contributed by atoms with Gasteiger partial charge in [0.15, 0.2) is 0 Å². The lowest BCUT2D eigenvalue weighted by Crippen LogP contribution is -2.50. The number of benzene rings is 3. The van der Waals surface area contributed by atoms with Gasteiger partial charge >= 0.3 is 18.4 Å². The van der Waals surface area contributed by atoms with Crippen molar-refractivity contribution >= 4 is 18.4 Å². The van der Waals surface area contributed by atoms with E-state index in [-0.39, 0.29) is 30.6 Å². The van der Waals surface area contributed by atoms with Gasteiger partial charge in [0.1, 0.15) is 5.82 Å². The summed E-state index contributed by atoms with van der Waals surface area (Å²) in [5.74, 6) is -1.45. The number of methoxy groups -OCH3 is 1. The molecule has 1 aliphatic heterocycles. The summed E-state index contributed by atoms with van der Waals surface area (Å²) in [6, 6.07) is 21.7. The molecule has 2 heterocycles. The Morgan fingerprint density at radius 2 is 1.64 bits per heavy atom. The van der Waals surface area contributed by atoms with Crippen molar-refractivity contribution in [3.05, 3.63) is 84.2 Å². The van der Waals surface area contributed by atoms with Crippen LogP contribution in [-0.4, -0.2) is 65.5 Å². The van der Waals surface area contributed by atoms with E-state index < -0.39 is 24.2 Å². The van der Waals surface area contributed by atoms with Crippen molar-refractivity contribution < 1.29 is 42.2 Å². The maximum Gasteiger partial charge on any atom is 0.520 e. The number of alkyl carbamates (subject to hydrolysis) is 1. The minimum absolute atomic E-state index is 0.0213. The molecule has 1 amide bonds. The molecule has 1 saturated heterocycles. The summed E-state index contributed by atoms with van der Waals surface area (Å²) in [6.45, 7) is 1.38. The molecule has 12 nitrogen and oxygen atoms in total. The first-order valence-corrected chi connectivity index (χ1v) is 15.3. The van der Waals surface area contributed by atoms with Gasteiger partial charge in [0.25, 0.3) is 11.7 Å². The van der Waals surface area contributed by atoms with Crippen LogP contribution in [0.15, 0.2) is 77.3 Å². The predicted molar refractivity (Wildman–Crippen MR) is 165 cm³/mol. The summed E-state index contributed by atoms with van der Waals surface area (Å²) in [4.78, 5) is 42.9. The second kappa shape index (κ2) is 14.0. The van der Waals surface area contributed by atoms with E-state index in [2.05, 4.69) is 25.1 Å². The SMILES string of the molecule is COC(=O)OC1(OC(=O)OC(=O)NC2CCC2)CCN(Cc2ccc(-c3noc(-c4ccc(-c5ccccc5)c(F)c4)n3)cc2)CC1. The minimum Gasteiger partial charge on any atom is -0.438 e. The number of nitrogens with one attached hydrogen (secondary N) is 1. The van der Waals surface area contributed by atoms with Crippen molar-refractivity contribution in [2.45, 2.75) is 50.5 Å². The second-order valence-corrected chi connectivity index (χ2v) is 11.4. The monoisotopic (exact) mass is 644 g/mol. The number of halogens is 1. The Bertz CT molecular complexity index is 1720. The molecular formula is C34H33FN4O8. The molecule has 0 spiro atoms. The maximum atomic E-state index is 14.9. The Balaban J connectivity index is 1.04. The third kappa shape index (κ3) is 7.75. The zero-order valence-electron chi connectivity index (χ0n) is 25.6. The predicted octanol–water partition coefficient (Wildman–Crippen LogP) is 6.70. The number of likely N-dealkylation sites (tertiary alicyclic amines) is 1. The number of aromatic nitrogens is 2. The highest BCUT2D eigenvalue weighted by atomic mass is 19.1. The Kier molecular flexibility index (Phi) is 9.43. The van der Waals surface area contributed by atoms with Crippen LogP contribution in [0.4, 0.5) is 18.8 Å². The molecule has 6 rings (SSSR count). The number of nitrogens with zero attached hydrogens (tertiary/aromatic N) is 3. The fourth-order valence-electron chi connectivity index (χ4n) is 5.44. The average molecular weight is 645 g/mol. The first kappa shape index (κ1) is 31.7. The molecule has 0 bridgehead atoms. The lowest BCUT2D eigenvalue weighted by atomic mass is 9.93. The molecular weight excluding hydrogens is 611 g/mol. The van der Waals surface area contributed by atoms with Crippen LogP contribution in [0.3, 0.4) is 0 Å². The van der Waals surface area contributed by atoms with Gasteiger partial charge in [-0.2, -0.15) is 4.98 Å². The molecule has 0 unspecified atom stereocenters. The van der Waals surface area contributed by atoms with Crippen molar-refractivity contribution in [2.75, 3.05) is 20.2 Å². The summed E-state index contributed by atoms with van der Waals surface area (Å²) >= 11 is 0. The summed E-state index contributed by atoms with van der Waals surface area (Å²) in [5, 5.41) is 6.67. The molecule has 1 aliphatic carbocycles. The quantitative estimate of drug-likeness (QED) is 0.124. The van der Waals surface area contributed by atoms with Crippen LogP contribution in [0.2, 0.25) is 0 Å². The molecule has 244 valence electrons. The Hall–Kier alpha value is -5.30. The summed E-state index contributed by atoms with van der Waals surface area (Å²) in [5.41, 5.74) is 3.45. The summed E-state index contributed by atoms with van der Waals surface area (Å²) in [7, 11) is 1.15. The zero-order valence-corrected chi connectivity index (χ0v) is 25.6. The van der Waals surface area contributed by atoms with Gasteiger partial charge in [-0.05, 0) is 42.5 Å². The van der Waals surface area contributed by atoms with Crippen LogP contribution in [0.1, 0.15) is 37.7 Å². The molecule has 3 aromatic carbocycles. The fraction of sp³-hybridized carbons (Fsp3) is 0.324. The van der Waals surface area contributed by atoms with Crippen LogP contribution in [0, 0.1) is 5.82 Å². The van der Waals surface area contributed by atoms with E-state index >= 15 is 0 Å². The van der Waals surface area contributed by atoms with Gasteiger partial charge in [0.05, 0.1) is 7.11 Å². The van der Waals surface area contributed by atoms with Gasteiger partial charge in [-0.15, -0.1) is 0 Å². The number of hydrogen-bond acceptors (Lipinski definition) is 11. The number of carbonyl (C=O) groups is 3. The van der Waals surface area contributed by atoms with Crippen LogP contribution in [0.25, 0.3) is 34.0 Å². The van der Waals surface area contributed by atoms with Crippen molar-refractivity contribution in [3.8, 4) is 34.0 Å². The van der Waals surface area contributed by atoms with Crippen molar-refractivity contribution in [2.24, 2.45) is 0 Å². The Morgan fingerprint density at radius 1 is 0.936 bits per heavy atom. The number of ether oxygens (including phenoxy) is 4. The number of carbonyl (C=O) groups excluding carboxylic acids is 3. The van der Waals surface area contributed by atoms with Gasteiger partial charge < -0.3 is 28.8 Å². The molecule has 1 aromatic heterocycles. The minimum atomic E-state index is -1.64. The first-order valence-electron chi connectivity index (χ1n) is 15.3. The zero-order chi connectivity index (χ0) is 32.8. The highest BCUT2D eigenvalue weighted by Gasteiger charge is 2.43. The fourth-order valence-corrected chi connectivity index (χ4v) is 5.44. The van der Waals surface area contributed by atoms with Gasteiger partial charge in [0, 0.05) is 55.2 Å². The van der Waals surface area contributed by atoms with Gasteiger partial charge in [-0.3, -0.25) is 4.90 Å². The van der Waals surface area contributed by atoms with E-state index in [1.807, 2.05) is 54.6 Å². The molecule has 2 aliphatic rings. The second-order valence-electron chi connectivity index (χ2n) is 11.4. The van der Waals surface area contributed by atoms with E-state index in [1.54, 1.807) is 12.1 Å². The summed E-state index contributed by atoms with van der Waals surface area (Å²) in [6.07, 6.45) is -0.255. The molecule has 2 fully saturated rings. The number of piperidine rings is 1. The third-order valence-corrected chi connectivity index (χ3v) is 8.27. The molecule has 0 atom stereocenters. The molecule has 1 saturated carbocycles. The van der Waals surface area contributed by atoms with E-state index in [1.165, 1.54) is 6.07 Å². The molecule has 4 aromatic rings. The molecule has 0 radical (unpaired) electrons. The van der Waals surface area contributed by atoms with Crippen molar-refractivity contribution in [1.82, 2.24) is 20.4 Å². The Labute approximate surface area is 269 Å². The van der Waals surface area contributed by atoms with E-state index in [0.29, 0.717) is 36.6 Å². The van der Waals surface area contributed by atoms with E-state index in [9.17, 15) is 18.8 Å². The van der Waals surface area contributed by atoms with Crippen molar-refractivity contribution in [3.63, 3.8) is 0 Å². The number of amides is 1. The van der Waals surface area contributed by atoms with Gasteiger partial charge in [-0.1, -0.05) is 65.8 Å². The van der Waals surface area contributed by atoms with Gasteiger partial charge in [-0.25, -0.2) is 18.8 Å². The third-order valence-electron chi connectivity index (χ3n) is 8.27. The number of rotatable bonds is 8. The Morgan fingerprint density at radius 3 is 2.30 bits per heavy atom. The highest BCUT2D eigenvalue weighted by Crippen LogP contribution is 2.31. The maximum absolute atomic E-state index is 14.9. The normalized spacial score (nSPS) is 16.0. The van der Waals surface area contributed by atoms with Crippen LogP contribution >= 0.6 is 0 Å². The van der Waals surface area contributed by atoms with Crippen LogP contribution < -0.4 is 5.32 Å². The smallest absolute Gasteiger partial charge is 0.438 e. The topological polar surface area (TPSA) is 142 Å². The van der Waals surface area contributed by atoms with Gasteiger partial charge in [0.2, 0.25) is 5.82 Å². The highest BCUT2D eigenvalue weighted by molar-refractivity contribution is 5.81. The van der Waals surface area contributed by atoms with Crippen LogP contribution in [-0.2, 0) is 25.5 Å².